The Morgan fingerprint density at radius 3 is 1.11 bits per heavy atom. The molecule has 0 aliphatic rings. The van der Waals surface area contributed by atoms with Crippen molar-refractivity contribution in [3.8, 4) is 5.75 Å². The summed E-state index contributed by atoms with van der Waals surface area (Å²) in [5.74, 6) is 20.6. The molecule has 0 atom stereocenters. The van der Waals surface area contributed by atoms with E-state index in [0.29, 0.717) is 25.7 Å². The third-order valence-corrected chi connectivity index (χ3v) is 6.68. The summed E-state index contributed by atoms with van der Waals surface area (Å²) in [7, 11) is 1.65. The predicted molar refractivity (Wildman–Crippen MR) is 210 cm³/mol. The molecule has 13 nitrogen and oxygen atoms in total. The van der Waals surface area contributed by atoms with Gasteiger partial charge in [-0.05, 0) is 17.7 Å². The van der Waals surface area contributed by atoms with Gasteiger partial charge in [-0.15, -0.1) is 24.8 Å². The van der Waals surface area contributed by atoms with E-state index in [2.05, 4.69) is 43.3 Å². The lowest BCUT2D eigenvalue weighted by Gasteiger charge is -2.22. The van der Waals surface area contributed by atoms with Gasteiger partial charge in [-0.2, -0.15) is 49.6 Å². The molecule has 1 aromatic carbocycles. The fraction of sp³-hybridized carbons (Fsp3) is 0.643. The minimum Gasteiger partial charge on any atom is -0.497 e. The van der Waals surface area contributed by atoms with E-state index < -0.39 is 0 Å². The van der Waals surface area contributed by atoms with Gasteiger partial charge in [-0.1, -0.05) is 67.5 Å². The summed E-state index contributed by atoms with van der Waals surface area (Å²) in [6.45, 7) is 15.2. The lowest BCUT2D eigenvalue weighted by molar-refractivity contribution is -0.122. The summed E-state index contributed by atoms with van der Waals surface area (Å²) < 4.78 is 4.15. The van der Waals surface area contributed by atoms with Crippen molar-refractivity contribution in [1.82, 2.24) is 21.7 Å². The summed E-state index contributed by atoms with van der Waals surface area (Å²) in [5, 5.41) is 0. The van der Waals surface area contributed by atoms with Crippen LogP contribution in [0.2, 0.25) is 0 Å². The standard InChI is InChI=1S/C13H20N2O2S.3C5H12N2OS.2ClH/c1-13(2,8-12(16)15-14)18-9-10-4-6-11(17-3)7-5-10;3*1-5(2,9)3-4(8)7-6;;/h4-7H,8-9,14H2,1-3H3,(H,15,16);3*9H,3,6H2,1-2H3,(H,7,8);2*1H. The van der Waals surface area contributed by atoms with Crippen molar-refractivity contribution >= 4 is 98.1 Å². The zero-order valence-corrected chi connectivity index (χ0v) is 33.9. The Kier molecular flexibility index (Phi) is 32.3. The molecule has 0 aliphatic carbocycles. The maximum absolute atomic E-state index is 11.3. The number of hydrogen-bond donors (Lipinski definition) is 11. The molecule has 0 fully saturated rings. The molecular weight excluding hydrogens is 728 g/mol. The van der Waals surface area contributed by atoms with Crippen molar-refractivity contribution in [2.45, 2.75) is 106 Å². The minimum atomic E-state index is -0.274. The average Bonchev–Trinajstić information content (AvgIpc) is 2.90. The summed E-state index contributed by atoms with van der Waals surface area (Å²) in [6, 6.07) is 7.95. The van der Waals surface area contributed by atoms with Gasteiger partial charge in [0.2, 0.25) is 23.6 Å². The predicted octanol–water partition coefficient (Wildman–Crippen LogP) is 3.16. The first-order valence-electron chi connectivity index (χ1n) is 13.8. The van der Waals surface area contributed by atoms with E-state index in [0.717, 1.165) is 11.5 Å². The number of ether oxygens (including phenoxy) is 1. The Balaban J connectivity index is -0.000000175. The number of amides is 4. The number of thioether (sulfide) groups is 1. The SMILES string of the molecule is CC(C)(S)CC(=O)NN.CC(C)(S)CC(=O)NN.CC(C)(S)CC(=O)NN.COc1ccc(CSC(C)(C)CC(=O)NN)cc1.Cl.Cl. The van der Waals surface area contributed by atoms with E-state index in [4.69, 9.17) is 28.1 Å². The third kappa shape index (κ3) is 40.8. The van der Waals surface area contributed by atoms with Crippen molar-refractivity contribution in [1.29, 1.82) is 0 Å². The van der Waals surface area contributed by atoms with E-state index in [1.165, 1.54) is 5.56 Å². The molecule has 0 aliphatic heterocycles. The van der Waals surface area contributed by atoms with Gasteiger partial charge < -0.3 is 4.74 Å². The number of hydrazine groups is 4. The highest BCUT2D eigenvalue weighted by Crippen LogP contribution is 2.31. The van der Waals surface area contributed by atoms with Crippen molar-refractivity contribution in [3.63, 3.8) is 0 Å². The van der Waals surface area contributed by atoms with E-state index in [1.807, 2.05) is 95.9 Å². The Bertz CT molecular complexity index is 956. The van der Waals surface area contributed by atoms with Gasteiger partial charge in [-0.3, -0.25) is 40.9 Å². The minimum absolute atomic E-state index is 0. The number of rotatable bonds is 12. The van der Waals surface area contributed by atoms with E-state index >= 15 is 0 Å². The fourth-order valence-electron chi connectivity index (χ4n) is 2.82. The first-order chi connectivity index (χ1) is 20.3. The molecule has 0 spiro atoms. The molecule has 0 bridgehead atoms. The molecule has 0 saturated heterocycles. The Morgan fingerprint density at radius 2 is 0.894 bits per heavy atom. The highest BCUT2D eigenvalue weighted by atomic mass is 35.5. The topological polar surface area (TPSA) is 230 Å². The first kappa shape index (κ1) is 55.1. The number of carbonyl (C=O) groups is 4. The van der Waals surface area contributed by atoms with Crippen molar-refractivity contribution in [3.05, 3.63) is 29.8 Å². The lowest BCUT2D eigenvalue weighted by Crippen LogP contribution is -2.35. The third-order valence-electron chi connectivity index (χ3n) is 4.80. The van der Waals surface area contributed by atoms with Gasteiger partial charge in [0.05, 0.1) is 7.11 Å². The molecule has 1 aromatic rings. The number of nitrogens with one attached hydrogen (secondary N) is 4. The Labute approximate surface area is 314 Å². The first-order valence-corrected chi connectivity index (χ1v) is 16.1. The smallest absolute Gasteiger partial charge is 0.235 e. The van der Waals surface area contributed by atoms with Crippen LogP contribution < -0.4 is 49.8 Å². The van der Waals surface area contributed by atoms with E-state index in [-0.39, 0.29) is 67.4 Å². The van der Waals surface area contributed by atoms with Crippen LogP contribution in [0.5, 0.6) is 5.75 Å². The number of methoxy groups -OCH3 is 1. The summed E-state index contributed by atoms with van der Waals surface area (Å²) in [4.78, 5) is 42.9. The van der Waals surface area contributed by atoms with Crippen molar-refractivity contribution < 1.29 is 23.9 Å². The van der Waals surface area contributed by atoms with Crippen LogP contribution >= 0.6 is 74.5 Å². The molecule has 4 amide bonds. The largest absolute Gasteiger partial charge is 0.497 e. The number of benzene rings is 1. The summed E-state index contributed by atoms with van der Waals surface area (Å²) in [6.07, 6.45) is 1.43. The van der Waals surface area contributed by atoms with Gasteiger partial charge in [0.15, 0.2) is 0 Å². The van der Waals surface area contributed by atoms with Crippen LogP contribution in [0.3, 0.4) is 0 Å². The van der Waals surface area contributed by atoms with Gasteiger partial charge in [0.1, 0.15) is 5.75 Å². The molecule has 278 valence electrons. The average molecular weight is 786 g/mol. The van der Waals surface area contributed by atoms with Gasteiger partial charge >= 0.3 is 0 Å². The van der Waals surface area contributed by atoms with Crippen LogP contribution in [0.4, 0.5) is 0 Å². The second-order valence-electron chi connectivity index (χ2n) is 12.3. The van der Waals surface area contributed by atoms with Crippen molar-refractivity contribution in [2.24, 2.45) is 23.4 Å². The zero-order valence-electron chi connectivity index (χ0n) is 28.8. The number of nitrogens with two attached hydrogens (primary N) is 4. The molecule has 0 radical (unpaired) electrons. The Hall–Kier alpha value is -1.28. The maximum atomic E-state index is 11.3. The van der Waals surface area contributed by atoms with Gasteiger partial charge in [0, 0.05) is 50.4 Å². The molecule has 0 aromatic heterocycles. The quantitative estimate of drug-likeness (QED) is 0.0642. The number of thiol groups is 3. The number of carbonyl (C=O) groups excluding carboxylic acids is 4. The fourth-order valence-corrected chi connectivity index (χ4v) is 4.23. The number of halogens is 2. The monoisotopic (exact) mass is 784 g/mol. The maximum Gasteiger partial charge on any atom is 0.235 e. The molecule has 12 N–H and O–H groups in total. The molecule has 19 heteroatoms. The second-order valence-corrected chi connectivity index (χ2v) is 17.6. The second kappa shape index (κ2) is 27.5. The molecule has 0 saturated carbocycles. The Morgan fingerprint density at radius 1 is 0.617 bits per heavy atom. The molecule has 0 unspecified atom stereocenters. The molecular formula is C28H58Cl2N8O5S4. The molecule has 1 rings (SSSR count). The van der Waals surface area contributed by atoms with Crippen LogP contribution in [0.25, 0.3) is 0 Å². The lowest BCUT2D eigenvalue weighted by atomic mass is 10.1. The van der Waals surface area contributed by atoms with Crippen LogP contribution in [-0.4, -0.2) is 49.7 Å². The van der Waals surface area contributed by atoms with Crippen molar-refractivity contribution in [2.75, 3.05) is 7.11 Å². The van der Waals surface area contributed by atoms with Crippen LogP contribution in [-0.2, 0) is 24.9 Å². The summed E-state index contributed by atoms with van der Waals surface area (Å²) >= 11 is 14.1. The number of hydrogen-bond acceptors (Lipinski definition) is 13. The molecule has 47 heavy (non-hydrogen) atoms. The van der Waals surface area contributed by atoms with Gasteiger partial charge in [-0.25, -0.2) is 23.4 Å². The van der Waals surface area contributed by atoms with Crippen LogP contribution in [0.15, 0.2) is 24.3 Å². The highest BCUT2D eigenvalue weighted by Gasteiger charge is 2.22. The zero-order chi connectivity index (χ0) is 36.1. The van der Waals surface area contributed by atoms with Crippen LogP contribution in [0.1, 0.15) is 86.6 Å². The summed E-state index contributed by atoms with van der Waals surface area (Å²) in [5.41, 5.74) is 9.48. The highest BCUT2D eigenvalue weighted by molar-refractivity contribution is 7.99. The van der Waals surface area contributed by atoms with Gasteiger partial charge in [0.25, 0.3) is 0 Å². The molecule has 0 heterocycles. The normalized spacial score (nSPS) is 10.6. The van der Waals surface area contributed by atoms with Crippen LogP contribution in [0, 0.1) is 0 Å². The van der Waals surface area contributed by atoms with E-state index in [9.17, 15) is 19.2 Å². The van der Waals surface area contributed by atoms with E-state index in [1.54, 1.807) is 18.9 Å².